The van der Waals surface area contributed by atoms with Gasteiger partial charge < -0.3 is 0 Å². The highest BCUT2D eigenvalue weighted by molar-refractivity contribution is 7.90. The summed E-state index contributed by atoms with van der Waals surface area (Å²) in [7, 11) is -3.63. The lowest BCUT2D eigenvalue weighted by Gasteiger charge is -2.14. The fraction of sp³-hybridized carbons (Fsp3) is 0.733. The molecule has 0 unspecified atom stereocenters. The van der Waals surface area contributed by atoms with E-state index in [9.17, 15) is 13.2 Å². The summed E-state index contributed by atoms with van der Waals surface area (Å²) in [6, 6.07) is 0.331. The minimum atomic E-state index is -3.63. The molecular weight excluding hydrogens is 302 g/mol. The average Bonchev–Trinajstić information content (AvgIpc) is 3.07. The Balaban J connectivity index is 2.13. The molecule has 1 aliphatic rings. The summed E-state index contributed by atoms with van der Waals surface area (Å²) in [5, 5.41) is 3.71. The first-order chi connectivity index (χ1) is 10.4. The highest BCUT2D eigenvalue weighted by Crippen LogP contribution is 2.30. The maximum atomic E-state index is 12.3. The van der Waals surface area contributed by atoms with Crippen molar-refractivity contribution in [2.24, 2.45) is 0 Å². The molecule has 1 amide bonds. The minimum Gasteiger partial charge on any atom is -0.268 e. The van der Waals surface area contributed by atoms with Gasteiger partial charge in [0.25, 0.3) is 5.91 Å². The summed E-state index contributed by atoms with van der Waals surface area (Å²) < 4.78 is 28.3. The fourth-order valence-corrected chi connectivity index (χ4v) is 4.13. The van der Waals surface area contributed by atoms with Gasteiger partial charge in [0.2, 0.25) is 10.0 Å². The van der Waals surface area contributed by atoms with Crippen LogP contribution in [-0.4, -0.2) is 29.4 Å². The van der Waals surface area contributed by atoms with E-state index in [4.69, 9.17) is 0 Å². The number of hydrogen-bond acceptors (Lipinski definition) is 4. The number of rotatable bonds is 6. The van der Waals surface area contributed by atoms with E-state index in [0.29, 0.717) is 18.0 Å². The molecule has 0 saturated heterocycles. The van der Waals surface area contributed by atoms with Crippen molar-refractivity contribution >= 4 is 15.9 Å². The summed E-state index contributed by atoms with van der Waals surface area (Å²) in [6.45, 7) is 5.36. The largest absolute Gasteiger partial charge is 0.268 e. The molecule has 1 aliphatic carbocycles. The van der Waals surface area contributed by atoms with E-state index >= 15 is 0 Å². The van der Waals surface area contributed by atoms with Crippen LogP contribution in [0.5, 0.6) is 0 Å². The number of carbonyl (C=O) groups excluding carboxylic acids is 1. The molecule has 1 aromatic heterocycles. The van der Waals surface area contributed by atoms with E-state index in [1.165, 1.54) is 19.0 Å². The van der Waals surface area contributed by atoms with Crippen LogP contribution in [0.3, 0.4) is 0 Å². The molecule has 0 radical (unpaired) electrons. The lowest BCUT2D eigenvalue weighted by Crippen LogP contribution is -2.37. The zero-order valence-electron chi connectivity index (χ0n) is 13.5. The third-order valence-electron chi connectivity index (χ3n) is 4.42. The van der Waals surface area contributed by atoms with Crippen molar-refractivity contribution < 1.29 is 13.2 Å². The smallest absolute Gasteiger partial charge is 0.268 e. The first kappa shape index (κ1) is 17.0. The summed E-state index contributed by atoms with van der Waals surface area (Å²) >= 11 is 0. The molecule has 22 heavy (non-hydrogen) atoms. The topological polar surface area (TPSA) is 81.1 Å². The number of nitrogens with one attached hydrogen (secondary N) is 1. The number of carbonyl (C=O) groups is 1. The Morgan fingerprint density at radius 3 is 2.68 bits per heavy atom. The quantitative estimate of drug-likeness (QED) is 0.870. The van der Waals surface area contributed by atoms with Gasteiger partial charge in [-0.05, 0) is 33.1 Å². The summed E-state index contributed by atoms with van der Waals surface area (Å²) in [5.41, 5.74) is 1.09. The molecule has 1 aromatic rings. The van der Waals surface area contributed by atoms with Crippen LogP contribution in [0.15, 0.2) is 6.20 Å². The Labute approximate surface area is 132 Å². The normalized spacial score (nSPS) is 17.6. The number of nitrogens with zero attached hydrogens (tertiary/aromatic N) is 2. The van der Waals surface area contributed by atoms with Crippen molar-refractivity contribution in [3.63, 3.8) is 0 Å². The zero-order chi connectivity index (χ0) is 16.3. The van der Waals surface area contributed by atoms with Crippen molar-refractivity contribution in [2.75, 3.05) is 0 Å². The molecule has 1 saturated carbocycles. The summed E-state index contributed by atoms with van der Waals surface area (Å²) in [4.78, 5) is 12.3. The number of amides is 1. The van der Waals surface area contributed by atoms with E-state index < -0.39 is 21.2 Å². The lowest BCUT2D eigenvalue weighted by atomic mass is 10.2. The van der Waals surface area contributed by atoms with Crippen molar-refractivity contribution in [2.45, 2.75) is 70.6 Å². The highest BCUT2D eigenvalue weighted by Gasteiger charge is 2.26. The van der Waals surface area contributed by atoms with Gasteiger partial charge in [0.15, 0.2) is 0 Å². The van der Waals surface area contributed by atoms with Gasteiger partial charge in [0, 0.05) is 5.69 Å². The predicted molar refractivity (Wildman–Crippen MR) is 85.2 cm³/mol. The SMILES string of the molecule is CCC[C@@H](C)S(=O)(=O)NC(=O)c1cnn(C2CCCC2)c1C. The second-order valence-electron chi connectivity index (χ2n) is 6.10. The van der Waals surface area contributed by atoms with Crippen LogP contribution in [0.2, 0.25) is 0 Å². The fourth-order valence-electron chi connectivity index (χ4n) is 3.01. The van der Waals surface area contributed by atoms with Gasteiger partial charge in [-0.1, -0.05) is 26.2 Å². The van der Waals surface area contributed by atoms with Crippen molar-refractivity contribution in [1.29, 1.82) is 0 Å². The van der Waals surface area contributed by atoms with Crippen LogP contribution in [0.25, 0.3) is 0 Å². The summed E-state index contributed by atoms with van der Waals surface area (Å²) in [6.07, 6.45) is 7.24. The van der Waals surface area contributed by atoms with Crippen molar-refractivity contribution in [3.05, 3.63) is 17.5 Å². The maximum absolute atomic E-state index is 12.3. The van der Waals surface area contributed by atoms with Crippen LogP contribution in [0, 0.1) is 6.92 Å². The molecule has 0 aromatic carbocycles. The first-order valence-corrected chi connectivity index (χ1v) is 9.51. The second-order valence-corrected chi connectivity index (χ2v) is 8.20. The zero-order valence-corrected chi connectivity index (χ0v) is 14.3. The van der Waals surface area contributed by atoms with E-state index in [0.717, 1.165) is 25.0 Å². The third kappa shape index (κ3) is 3.51. The molecule has 2 rings (SSSR count). The van der Waals surface area contributed by atoms with Gasteiger partial charge in [-0.25, -0.2) is 13.1 Å². The average molecular weight is 327 g/mol. The molecule has 0 aliphatic heterocycles. The molecule has 0 spiro atoms. The van der Waals surface area contributed by atoms with Gasteiger partial charge >= 0.3 is 0 Å². The molecule has 1 atom stereocenters. The van der Waals surface area contributed by atoms with Crippen LogP contribution in [0.1, 0.15) is 74.5 Å². The van der Waals surface area contributed by atoms with Crippen molar-refractivity contribution in [1.82, 2.24) is 14.5 Å². The Morgan fingerprint density at radius 2 is 2.09 bits per heavy atom. The third-order valence-corrected chi connectivity index (χ3v) is 6.18. The number of sulfonamides is 1. The lowest BCUT2D eigenvalue weighted by molar-refractivity contribution is 0.0980. The van der Waals surface area contributed by atoms with E-state index in [-0.39, 0.29) is 0 Å². The number of aromatic nitrogens is 2. The second kappa shape index (κ2) is 6.81. The van der Waals surface area contributed by atoms with Gasteiger partial charge in [-0.15, -0.1) is 0 Å². The Kier molecular flexibility index (Phi) is 5.26. The molecule has 7 heteroatoms. The van der Waals surface area contributed by atoms with Crippen LogP contribution in [-0.2, 0) is 10.0 Å². The minimum absolute atomic E-state index is 0.331. The van der Waals surface area contributed by atoms with Gasteiger partial charge in [0.1, 0.15) is 0 Å². The van der Waals surface area contributed by atoms with Crippen LogP contribution < -0.4 is 4.72 Å². The van der Waals surface area contributed by atoms with E-state index in [1.807, 2.05) is 18.5 Å². The molecule has 124 valence electrons. The molecular formula is C15H25N3O3S. The Hall–Kier alpha value is -1.37. The molecule has 1 fully saturated rings. The maximum Gasteiger partial charge on any atom is 0.268 e. The van der Waals surface area contributed by atoms with Crippen LogP contribution >= 0.6 is 0 Å². The van der Waals surface area contributed by atoms with Crippen LogP contribution in [0.4, 0.5) is 0 Å². The Morgan fingerprint density at radius 1 is 1.45 bits per heavy atom. The van der Waals surface area contributed by atoms with Gasteiger partial charge in [-0.2, -0.15) is 5.10 Å². The van der Waals surface area contributed by atoms with Crippen molar-refractivity contribution in [3.8, 4) is 0 Å². The van der Waals surface area contributed by atoms with E-state index in [1.54, 1.807) is 6.92 Å². The van der Waals surface area contributed by atoms with Gasteiger partial charge in [0.05, 0.1) is 23.1 Å². The first-order valence-electron chi connectivity index (χ1n) is 7.97. The summed E-state index contributed by atoms with van der Waals surface area (Å²) in [5.74, 6) is -0.579. The van der Waals surface area contributed by atoms with E-state index in [2.05, 4.69) is 9.82 Å². The number of hydrogen-bond donors (Lipinski definition) is 1. The predicted octanol–water partition coefficient (Wildman–Crippen LogP) is 2.55. The molecule has 0 bridgehead atoms. The standard InChI is InChI=1S/C15H25N3O3S/c1-4-7-11(2)22(20,21)17-15(19)14-10-16-18(12(14)3)13-8-5-6-9-13/h10-11,13H,4-9H2,1-3H3,(H,17,19)/t11-/m1/s1. The van der Waals surface area contributed by atoms with Gasteiger partial charge in [-0.3, -0.25) is 9.48 Å². The Bertz CT molecular complexity index is 630. The molecule has 6 nitrogen and oxygen atoms in total. The molecule has 1 N–H and O–H groups in total. The monoisotopic (exact) mass is 327 g/mol. The molecule has 1 heterocycles. The highest BCUT2D eigenvalue weighted by atomic mass is 32.2.